The minimum atomic E-state index is -0.143. The first-order chi connectivity index (χ1) is 11.2. The first kappa shape index (κ1) is 14.9. The van der Waals surface area contributed by atoms with Crippen LogP contribution in [0.2, 0.25) is 0 Å². The van der Waals surface area contributed by atoms with E-state index in [0.29, 0.717) is 0 Å². The van der Waals surface area contributed by atoms with Gasteiger partial charge in [-0.3, -0.25) is 0 Å². The second kappa shape index (κ2) is 5.76. The van der Waals surface area contributed by atoms with Crippen LogP contribution in [0.25, 0.3) is 0 Å². The fourth-order valence-corrected chi connectivity index (χ4v) is 4.40. The van der Waals surface area contributed by atoms with Gasteiger partial charge in [-0.05, 0) is 49.4 Å². The second-order valence-electron chi connectivity index (χ2n) is 6.23. The van der Waals surface area contributed by atoms with Crippen molar-refractivity contribution in [3.05, 3.63) is 35.2 Å². The topological polar surface area (TPSA) is 47.5 Å². The molecule has 0 bridgehead atoms. The lowest BCUT2D eigenvalue weighted by Crippen LogP contribution is -2.46. The van der Waals surface area contributed by atoms with Crippen molar-refractivity contribution in [2.45, 2.75) is 31.8 Å². The molecule has 2 aliphatic rings. The number of aryl methyl sites for hydroxylation is 1. The van der Waals surface area contributed by atoms with E-state index >= 15 is 0 Å². The van der Waals surface area contributed by atoms with E-state index < -0.39 is 0 Å². The molecule has 122 valence electrons. The Morgan fingerprint density at radius 1 is 1.30 bits per heavy atom. The van der Waals surface area contributed by atoms with Crippen LogP contribution in [0.4, 0.5) is 5.13 Å². The highest BCUT2D eigenvalue weighted by atomic mass is 32.1. The van der Waals surface area contributed by atoms with Gasteiger partial charge in [0.25, 0.3) is 0 Å². The van der Waals surface area contributed by atoms with E-state index in [1.165, 1.54) is 22.7 Å². The molecule has 1 spiro atoms. The monoisotopic (exact) mass is 331 g/mol. The summed E-state index contributed by atoms with van der Waals surface area (Å²) < 4.78 is 16.0. The molecule has 1 aromatic heterocycles. The van der Waals surface area contributed by atoms with Gasteiger partial charge in [0.15, 0.2) is 0 Å². The summed E-state index contributed by atoms with van der Waals surface area (Å²) >= 11 is 1.49. The van der Waals surface area contributed by atoms with Gasteiger partial charge < -0.3 is 14.4 Å². The van der Waals surface area contributed by atoms with Gasteiger partial charge in [-0.15, -0.1) is 0 Å². The summed E-state index contributed by atoms with van der Waals surface area (Å²) in [6, 6.07) is 6.41. The van der Waals surface area contributed by atoms with Crippen LogP contribution in [0.3, 0.4) is 0 Å². The maximum Gasteiger partial charge on any atom is 0.205 e. The molecule has 6 heteroatoms. The molecule has 0 N–H and O–H groups in total. The van der Waals surface area contributed by atoms with Crippen LogP contribution in [0.5, 0.6) is 5.75 Å². The van der Waals surface area contributed by atoms with Gasteiger partial charge in [0.1, 0.15) is 11.6 Å². The Hall–Kier alpha value is -1.66. The van der Waals surface area contributed by atoms with E-state index in [1.807, 2.05) is 6.92 Å². The molecule has 1 saturated heterocycles. The highest BCUT2D eigenvalue weighted by Gasteiger charge is 2.41. The molecule has 0 amide bonds. The van der Waals surface area contributed by atoms with E-state index in [1.54, 1.807) is 7.11 Å². The Morgan fingerprint density at radius 2 is 2.13 bits per heavy atom. The maximum absolute atomic E-state index is 6.30. The van der Waals surface area contributed by atoms with E-state index in [9.17, 15) is 0 Å². The van der Waals surface area contributed by atoms with E-state index in [-0.39, 0.29) is 5.60 Å². The molecule has 2 aromatic rings. The number of ether oxygens (including phenoxy) is 2. The first-order valence-electron chi connectivity index (χ1n) is 8.07. The third-order valence-electron chi connectivity index (χ3n) is 4.91. The SMILES string of the molecule is COc1ccc2c(c1)CCOC21CCN(c2nc(C)ns2)CC1. The number of methoxy groups -OCH3 is 1. The molecule has 0 atom stereocenters. The second-order valence-corrected chi connectivity index (χ2v) is 6.96. The number of aromatic nitrogens is 2. The van der Waals surface area contributed by atoms with Crippen molar-refractivity contribution < 1.29 is 9.47 Å². The van der Waals surface area contributed by atoms with E-state index in [4.69, 9.17) is 9.47 Å². The van der Waals surface area contributed by atoms with Crippen molar-refractivity contribution >= 4 is 16.7 Å². The fourth-order valence-electron chi connectivity index (χ4n) is 3.67. The van der Waals surface area contributed by atoms with Crippen LogP contribution in [0, 0.1) is 6.92 Å². The quantitative estimate of drug-likeness (QED) is 0.847. The standard InChI is InChI=1S/C17H21N3O2S/c1-12-18-16(23-19-12)20-8-6-17(7-9-20)15-4-3-14(21-2)11-13(15)5-10-22-17/h3-4,11H,5-10H2,1-2H3. The van der Waals surface area contributed by atoms with Crippen molar-refractivity contribution in [1.29, 1.82) is 0 Å². The largest absolute Gasteiger partial charge is 0.497 e. The summed E-state index contributed by atoms with van der Waals surface area (Å²) in [5.74, 6) is 1.79. The molecular weight excluding hydrogens is 310 g/mol. The van der Waals surface area contributed by atoms with Crippen LogP contribution < -0.4 is 9.64 Å². The van der Waals surface area contributed by atoms with Gasteiger partial charge >= 0.3 is 0 Å². The van der Waals surface area contributed by atoms with Gasteiger partial charge in [-0.2, -0.15) is 4.37 Å². The number of hydrogen-bond acceptors (Lipinski definition) is 6. The molecular formula is C17H21N3O2S. The summed E-state index contributed by atoms with van der Waals surface area (Å²) in [6.07, 6.45) is 2.95. The summed E-state index contributed by atoms with van der Waals surface area (Å²) in [5, 5.41) is 1.03. The molecule has 5 nitrogen and oxygen atoms in total. The smallest absolute Gasteiger partial charge is 0.205 e. The average Bonchev–Trinajstić information content (AvgIpc) is 3.02. The highest BCUT2D eigenvalue weighted by molar-refractivity contribution is 7.09. The van der Waals surface area contributed by atoms with Crippen molar-refractivity contribution in [2.24, 2.45) is 0 Å². The zero-order valence-corrected chi connectivity index (χ0v) is 14.4. The van der Waals surface area contributed by atoms with E-state index in [2.05, 4.69) is 32.5 Å². The average molecular weight is 331 g/mol. The molecule has 4 rings (SSSR count). The Morgan fingerprint density at radius 3 is 2.83 bits per heavy atom. The van der Waals surface area contributed by atoms with Gasteiger partial charge in [0, 0.05) is 24.6 Å². The number of piperidine rings is 1. The molecule has 0 aliphatic carbocycles. The fraction of sp³-hybridized carbons (Fsp3) is 0.529. The number of nitrogens with zero attached hydrogens (tertiary/aromatic N) is 3. The van der Waals surface area contributed by atoms with Crippen LogP contribution >= 0.6 is 11.5 Å². The lowest BCUT2D eigenvalue weighted by Gasteiger charge is -2.45. The third-order valence-corrected chi connectivity index (χ3v) is 5.78. The number of benzene rings is 1. The van der Waals surface area contributed by atoms with Crippen LogP contribution in [0.1, 0.15) is 29.8 Å². The molecule has 1 fully saturated rings. The summed E-state index contributed by atoms with van der Waals surface area (Å²) in [5.41, 5.74) is 2.57. The summed E-state index contributed by atoms with van der Waals surface area (Å²) in [4.78, 5) is 6.84. The summed E-state index contributed by atoms with van der Waals surface area (Å²) in [7, 11) is 1.72. The summed E-state index contributed by atoms with van der Waals surface area (Å²) in [6.45, 7) is 4.65. The molecule has 1 aromatic carbocycles. The third kappa shape index (κ3) is 2.60. The normalized spacial score (nSPS) is 19.7. The maximum atomic E-state index is 6.30. The minimum absolute atomic E-state index is 0.143. The predicted molar refractivity (Wildman–Crippen MR) is 90.4 cm³/mol. The lowest BCUT2D eigenvalue weighted by atomic mass is 9.79. The Kier molecular flexibility index (Phi) is 3.73. The number of hydrogen-bond donors (Lipinski definition) is 0. The Labute approximate surface area is 140 Å². The number of anilines is 1. The van der Waals surface area contributed by atoms with Crippen LogP contribution in [-0.4, -0.2) is 36.2 Å². The zero-order valence-electron chi connectivity index (χ0n) is 13.5. The first-order valence-corrected chi connectivity index (χ1v) is 8.84. The highest BCUT2D eigenvalue weighted by Crippen LogP contribution is 2.43. The van der Waals surface area contributed by atoms with Crippen LogP contribution in [-0.2, 0) is 16.8 Å². The molecule has 2 aliphatic heterocycles. The van der Waals surface area contributed by atoms with Crippen molar-refractivity contribution in [2.75, 3.05) is 31.7 Å². The van der Waals surface area contributed by atoms with Gasteiger partial charge in [0.05, 0.1) is 19.3 Å². The Bertz CT molecular complexity index is 708. The zero-order chi connectivity index (χ0) is 15.9. The van der Waals surface area contributed by atoms with Gasteiger partial charge in [0.2, 0.25) is 5.13 Å². The minimum Gasteiger partial charge on any atom is -0.497 e. The number of fused-ring (bicyclic) bond motifs is 2. The molecule has 0 radical (unpaired) electrons. The van der Waals surface area contributed by atoms with Crippen molar-refractivity contribution in [3.63, 3.8) is 0 Å². The molecule has 3 heterocycles. The van der Waals surface area contributed by atoms with Gasteiger partial charge in [-0.25, -0.2) is 4.98 Å². The molecule has 0 saturated carbocycles. The van der Waals surface area contributed by atoms with Crippen molar-refractivity contribution in [3.8, 4) is 5.75 Å². The van der Waals surface area contributed by atoms with E-state index in [0.717, 1.165) is 55.7 Å². The lowest BCUT2D eigenvalue weighted by molar-refractivity contribution is -0.0766. The molecule has 23 heavy (non-hydrogen) atoms. The van der Waals surface area contributed by atoms with Crippen LogP contribution in [0.15, 0.2) is 18.2 Å². The molecule has 0 unspecified atom stereocenters. The number of rotatable bonds is 2. The predicted octanol–water partition coefficient (Wildman–Crippen LogP) is 2.92. The van der Waals surface area contributed by atoms with Crippen molar-refractivity contribution in [1.82, 2.24) is 9.36 Å². The van der Waals surface area contributed by atoms with Gasteiger partial charge in [-0.1, -0.05) is 6.07 Å². The Balaban J connectivity index is 1.57.